The van der Waals surface area contributed by atoms with E-state index in [4.69, 9.17) is 0 Å². The van der Waals surface area contributed by atoms with Crippen LogP contribution in [0.4, 0.5) is 5.69 Å². The number of amides is 1. The van der Waals surface area contributed by atoms with Crippen LogP contribution in [0.2, 0.25) is 0 Å². The Kier molecular flexibility index (Phi) is 4.40. The Morgan fingerprint density at radius 3 is 2.77 bits per heavy atom. The molecule has 0 atom stereocenters. The smallest absolute Gasteiger partial charge is 0.234 e. The SMILES string of the molecule is Cc1cccc(C)c1NC(=O)CSc1ncnc2ccsc12. The molecule has 0 fully saturated rings. The topological polar surface area (TPSA) is 54.9 Å². The number of hydrogen-bond donors (Lipinski definition) is 1. The van der Waals surface area contributed by atoms with Gasteiger partial charge in [-0.1, -0.05) is 30.0 Å². The molecule has 2 heterocycles. The summed E-state index contributed by atoms with van der Waals surface area (Å²) < 4.78 is 1.03. The molecule has 0 bridgehead atoms. The van der Waals surface area contributed by atoms with Crippen LogP contribution >= 0.6 is 23.1 Å². The average molecular weight is 329 g/mol. The fraction of sp³-hybridized carbons (Fsp3) is 0.188. The Balaban J connectivity index is 1.69. The molecule has 0 aliphatic heterocycles. The monoisotopic (exact) mass is 329 g/mol. The van der Waals surface area contributed by atoms with Gasteiger partial charge in [0.05, 0.1) is 16.0 Å². The standard InChI is InChI=1S/C16H15N3OS2/c1-10-4-3-5-11(2)14(10)19-13(20)8-22-16-15-12(6-7-21-15)17-9-18-16/h3-7,9H,8H2,1-2H3,(H,19,20). The van der Waals surface area contributed by atoms with Gasteiger partial charge in [0.2, 0.25) is 5.91 Å². The molecule has 0 spiro atoms. The second-order valence-corrected chi connectivity index (χ2v) is 6.80. The van der Waals surface area contributed by atoms with E-state index in [-0.39, 0.29) is 5.91 Å². The van der Waals surface area contributed by atoms with Crippen molar-refractivity contribution >= 4 is 44.9 Å². The number of anilines is 1. The first-order chi connectivity index (χ1) is 10.6. The van der Waals surface area contributed by atoms with Gasteiger partial charge in [-0.05, 0) is 36.4 Å². The van der Waals surface area contributed by atoms with E-state index in [1.807, 2.05) is 43.5 Å². The summed E-state index contributed by atoms with van der Waals surface area (Å²) in [5, 5.41) is 5.84. The summed E-state index contributed by atoms with van der Waals surface area (Å²) in [4.78, 5) is 20.7. The van der Waals surface area contributed by atoms with Crippen LogP contribution in [0.1, 0.15) is 11.1 Å². The van der Waals surface area contributed by atoms with E-state index in [1.54, 1.807) is 17.7 Å². The average Bonchev–Trinajstić information content (AvgIpc) is 2.98. The maximum absolute atomic E-state index is 12.2. The summed E-state index contributed by atoms with van der Waals surface area (Å²) in [6.45, 7) is 3.99. The molecule has 0 saturated carbocycles. The molecule has 1 aromatic carbocycles. The predicted octanol–water partition coefficient (Wildman–Crippen LogP) is 4.04. The molecular formula is C16H15N3OS2. The van der Waals surface area contributed by atoms with Gasteiger partial charge in [0.1, 0.15) is 11.4 Å². The number of aromatic nitrogens is 2. The second kappa shape index (κ2) is 6.46. The van der Waals surface area contributed by atoms with E-state index in [9.17, 15) is 4.79 Å². The molecule has 112 valence electrons. The number of fused-ring (bicyclic) bond motifs is 1. The van der Waals surface area contributed by atoms with Gasteiger partial charge in [0.15, 0.2) is 0 Å². The van der Waals surface area contributed by atoms with Crippen molar-refractivity contribution in [2.75, 3.05) is 11.1 Å². The van der Waals surface area contributed by atoms with Crippen LogP contribution in [0.15, 0.2) is 41.0 Å². The minimum atomic E-state index is -0.0225. The zero-order chi connectivity index (χ0) is 15.5. The summed E-state index contributed by atoms with van der Waals surface area (Å²) in [5.41, 5.74) is 3.97. The van der Waals surface area contributed by atoms with Gasteiger partial charge in [0.25, 0.3) is 0 Å². The number of para-hydroxylation sites is 1. The summed E-state index contributed by atoms with van der Waals surface area (Å²) in [6, 6.07) is 7.94. The summed E-state index contributed by atoms with van der Waals surface area (Å²) in [7, 11) is 0. The first kappa shape index (κ1) is 15.0. The van der Waals surface area contributed by atoms with E-state index in [0.29, 0.717) is 5.75 Å². The molecule has 2 aromatic heterocycles. The largest absolute Gasteiger partial charge is 0.325 e. The lowest BCUT2D eigenvalue weighted by atomic mass is 10.1. The Bertz CT molecular complexity index is 809. The van der Waals surface area contributed by atoms with Crippen LogP contribution in [-0.4, -0.2) is 21.6 Å². The number of thiophene rings is 1. The highest BCUT2D eigenvalue weighted by atomic mass is 32.2. The van der Waals surface area contributed by atoms with E-state index < -0.39 is 0 Å². The summed E-state index contributed by atoms with van der Waals surface area (Å²) in [6.07, 6.45) is 1.54. The number of thioether (sulfide) groups is 1. The van der Waals surface area contributed by atoms with Crippen molar-refractivity contribution in [3.8, 4) is 0 Å². The number of rotatable bonds is 4. The van der Waals surface area contributed by atoms with E-state index in [1.165, 1.54) is 11.8 Å². The number of carbonyl (C=O) groups excluding carboxylic acids is 1. The molecule has 3 rings (SSSR count). The fourth-order valence-corrected chi connectivity index (χ4v) is 3.94. The molecule has 0 radical (unpaired) electrons. The highest BCUT2D eigenvalue weighted by molar-refractivity contribution is 8.00. The van der Waals surface area contributed by atoms with Crippen molar-refractivity contribution in [3.63, 3.8) is 0 Å². The van der Waals surface area contributed by atoms with Crippen molar-refractivity contribution in [1.29, 1.82) is 0 Å². The van der Waals surface area contributed by atoms with Crippen LogP contribution in [0, 0.1) is 13.8 Å². The quantitative estimate of drug-likeness (QED) is 0.580. The molecule has 0 saturated heterocycles. The molecule has 0 aliphatic rings. The van der Waals surface area contributed by atoms with Crippen molar-refractivity contribution in [2.24, 2.45) is 0 Å². The van der Waals surface area contributed by atoms with E-state index in [2.05, 4.69) is 15.3 Å². The molecule has 0 unspecified atom stereocenters. The first-order valence-electron chi connectivity index (χ1n) is 6.82. The zero-order valence-corrected chi connectivity index (χ0v) is 13.9. The Hall–Kier alpha value is -1.92. The van der Waals surface area contributed by atoms with Crippen LogP contribution in [0.5, 0.6) is 0 Å². The van der Waals surface area contributed by atoms with Gasteiger partial charge >= 0.3 is 0 Å². The molecule has 3 aromatic rings. The van der Waals surface area contributed by atoms with Crippen molar-refractivity contribution < 1.29 is 4.79 Å². The maximum atomic E-state index is 12.2. The highest BCUT2D eigenvalue weighted by Gasteiger charge is 2.11. The number of nitrogens with zero attached hydrogens (tertiary/aromatic N) is 2. The summed E-state index contributed by atoms with van der Waals surface area (Å²) in [5.74, 6) is 0.309. The lowest BCUT2D eigenvalue weighted by Gasteiger charge is -2.11. The Morgan fingerprint density at radius 1 is 1.23 bits per heavy atom. The van der Waals surface area contributed by atoms with Crippen molar-refractivity contribution in [3.05, 3.63) is 47.1 Å². The molecule has 22 heavy (non-hydrogen) atoms. The van der Waals surface area contributed by atoms with Crippen LogP contribution in [0.3, 0.4) is 0 Å². The number of carbonyl (C=O) groups is 1. The van der Waals surface area contributed by atoms with E-state index in [0.717, 1.165) is 32.1 Å². The van der Waals surface area contributed by atoms with Gasteiger partial charge in [0, 0.05) is 5.69 Å². The molecule has 0 aliphatic carbocycles. The van der Waals surface area contributed by atoms with Crippen LogP contribution in [0.25, 0.3) is 10.2 Å². The maximum Gasteiger partial charge on any atom is 0.234 e. The lowest BCUT2D eigenvalue weighted by Crippen LogP contribution is -2.15. The molecule has 1 N–H and O–H groups in total. The summed E-state index contributed by atoms with van der Waals surface area (Å²) >= 11 is 3.04. The van der Waals surface area contributed by atoms with E-state index >= 15 is 0 Å². The van der Waals surface area contributed by atoms with Gasteiger partial charge in [-0.15, -0.1) is 11.3 Å². The predicted molar refractivity (Wildman–Crippen MR) is 92.7 cm³/mol. The minimum Gasteiger partial charge on any atom is -0.325 e. The lowest BCUT2D eigenvalue weighted by molar-refractivity contribution is -0.113. The Labute approximate surface area is 137 Å². The zero-order valence-electron chi connectivity index (χ0n) is 12.3. The third-order valence-electron chi connectivity index (χ3n) is 3.30. The number of hydrogen-bond acceptors (Lipinski definition) is 5. The normalized spacial score (nSPS) is 10.8. The Morgan fingerprint density at radius 2 is 2.00 bits per heavy atom. The van der Waals surface area contributed by atoms with Crippen LogP contribution < -0.4 is 5.32 Å². The van der Waals surface area contributed by atoms with Crippen molar-refractivity contribution in [1.82, 2.24) is 9.97 Å². The number of aryl methyl sites for hydroxylation is 2. The van der Waals surface area contributed by atoms with Gasteiger partial charge in [-0.2, -0.15) is 0 Å². The van der Waals surface area contributed by atoms with Gasteiger partial charge in [-0.25, -0.2) is 9.97 Å². The van der Waals surface area contributed by atoms with Crippen molar-refractivity contribution in [2.45, 2.75) is 18.9 Å². The molecule has 6 heteroatoms. The van der Waals surface area contributed by atoms with Crippen LogP contribution in [-0.2, 0) is 4.79 Å². The third-order valence-corrected chi connectivity index (χ3v) is 5.33. The second-order valence-electron chi connectivity index (χ2n) is 4.92. The third kappa shape index (κ3) is 3.13. The van der Waals surface area contributed by atoms with Gasteiger partial charge < -0.3 is 5.32 Å². The molecule has 4 nitrogen and oxygen atoms in total. The number of benzene rings is 1. The molecule has 1 amide bonds. The molecular weight excluding hydrogens is 314 g/mol. The number of nitrogens with one attached hydrogen (secondary N) is 1. The minimum absolute atomic E-state index is 0.0225. The van der Waals surface area contributed by atoms with Gasteiger partial charge in [-0.3, -0.25) is 4.79 Å². The first-order valence-corrected chi connectivity index (χ1v) is 8.69. The highest BCUT2D eigenvalue weighted by Crippen LogP contribution is 2.29. The fourth-order valence-electron chi connectivity index (χ4n) is 2.19.